The maximum Gasteiger partial charge on any atom is 0.216 e. The van der Waals surface area contributed by atoms with E-state index in [1.165, 1.54) is 12.8 Å². The van der Waals surface area contributed by atoms with E-state index in [-0.39, 0.29) is 11.8 Å². The Hall–Kier alpha value is -0.660. The van der Waals surface area contributed by atoms with E-state index in [0.717, 1.165) is 37.6 Å². The Morgan fingerprint density at radius 3 is 2.67 bits per heavy atom. The van der Waals surface area contributed by atoms with Crippen molar-refractivity contribution < 1.29 is 13.2 Å². The van der Waals surface area contributed by atoms with Crippen molar-refractivity contribution in [3.8, 4) is 0 Å². The van der Waals surface area contributed by atoms with Crippen LogP contribution in [0.15, 0.2) is 24.3 Å². The van der Waals surface area contributed by atoms with Crippen molar-refractivity contribution in [2.24, 2.45) is 5.92 Å². The van der Waals surface area contributed by atoms with Crippen LogP contribution in [0.4, 0.5) is 0 Å². The Balaban J connectivity index is 1.34. The number of sulfonamides is 1. The predicted molar refractivity (Wildman–Crippen MR) is 93.4 cm³/mol. The molecule has 1 saturated carbocycles. The standard InChI is InChI=1S/C17H23ClN2O3S/c18-14-5-1-12(2-6-14)11-24(21,22)19-15-7-16-10-23-17(13-3-4-13)9-20(16)8-15/h1-2,5-6,13,15-17,19H,3-4,7-11H2/t15-,16-,17-/m0/s1. The molecule has 3 atom stereocenters. The number of morpholine rings is 1. The average molecular weight is 371 g/mol. The molecule has 1 aromatic rings. The first kappa shape index (κ1) is 16.8. The van der Waals surface area contributed by atoms with Crippen molar-refractivity contribution in [2.45, 2.75) is 43.2 Å². The number of rotatable bonds is 5. The Kier molecular flexibility index (Phi) is 4.60. The zero-order valence-electron chi connectivity index (χ0n) is 13.5. The molecule has 0 aromatic heterocycles. The monoisotopic (exact) mass is 370 g/mol. The summed E-state index contributed by atoms with van der Waals surface area (Å²) in [5, 5.41) is 0.613. The SMILES string of the molecule is O=S(=O)(Cc1ccc(Cl)cc1)N[C@H]1C[C@H]2CO[C@H](C3CC3)CN2C1. The van der Waals surface area contributed by atoms with Gasteiger partial charge in [0.2, 0.25) is 10.0 Å². The highest BCUT2D eigenvalue weighted by Gasteiger charge is 2.42. The molecule has 1 aliphatic carbocycles. The van der Waals surface area contributed by atoms with E-state index < -0.39 is 10.0 Å². The summed E-state index contributed by atoms with van der Waals surface area (Å²) in [6.45, 7) is 2.47. The summed E-state index contributed by atoms with van der Waals surface area (Å²) in [5.74, 6) is 0.721. The maximum atomic E-state index is 12.4. The van der Waals surface area contributed by atoms with Gasteiger partial charge in [-0.2, -0.15) is 0 Å². The molecule has 132 valence electrons. The zero-order valence-corrected chi connectivity index (χ0v) is 15.1. The molecule has 3 fully saturated rings. The highest BCUT2D eigenvalue weighted by Crippen LogP contribution is 2.37. The van der Waals surface area contributed by atoms with Crippen LogP contribution in [0.2, 0.25) is 5.02 Å². The molecule has 5 nitrogen and oxygen atoms in total. The minimum absolute atomic E-state index is 0.00741. The second-order valence-corrected chi connectivity index (χ2v) is 9.44. The number of fused-ring (bicyclic) bond motifs is 1. The van der Waals surface area contributed by atoms with Crippen LogP contribution < -0.4 is 4.72 Å². The van der Waals surface area contributed by atoms with Crippen LogP contribution in [0.25, 0.3) is 0 Å². The quantitative estimate of drug-likeness (QED) is 0.861. The van der Waals surface area contributed by atoms with Crippen LogP contribution in [0.1, 0.15) is 24.8 Å². The van der Waals surface area contributed by atoms with Gasteiger partial charge in [-0.3, -0.25) is 4.90 Å². The second kappa shape index (κ2) is 6.57. The Morgan fingerprint density at radius 2 is 1.96 bits per heavy atom. The van der Waals surface area contributed by atoms with Crippen LogP contribution >= 0.6 is 11.6 Å². The van der Waals surface area contributed by atoms with E-state index in [9.17, 15) is 8.42 Å². The Labute approximate surface area is 148 Å². The molecule has 2 aliphatic heterocycles. The topological polar surface area (TPSA) is 58.6 Å². The van der Waals surface area contributed by atoms with Gasteiger partial charge in [0, 0.05) is 30.2 Å². The third kappa shape index (κ3) is 3.94. The summed E-state index contributed by atoms with van der Waals surface area (Å²) in [5.41, 5.74) is 0.750. The summed E-state index contributed by atoms with van der Waals surface area (Å²) in [6.07, 6.45) is 3.74. The van der Waals surface area contributed by atoms with Crippen LogP contribution in [0.5, 0.6) is 0 Å². The fraction of sp³-hybridized carbons (Fsp3) is 0.647. The van der Waals surface area contributed by atoms with Gasteiger partial charge in [-0.1, -0.05) is 23.7 Å². The van der Waals surface area contributed by atoms with Crippen molar-refractivity contribution in [3.63, 3.8) is 0 Å². The van der Waals surface area contributed by atoms with Crippen LogP contribution in [-0.4, -0.2) is 51.2 Å². The van der Waals surface area contributed by atoms with Crippen molar-refractivity contribution in [2.75, 3.05) is 19.7 Å². The average Bonchev–Trinajstić information content (AvgIpc) is 3.29. The smallest absolute Gasteiger partial charge is 0.216 e. The van der Waals surface area contributed by atoms with Gasteiger partial charge in [0.05, 0.1) is 18.5 Å². The van der Waals surface area contributed by atoms with Gasteiger partial charge >= 0.3 is 0 Å². The minimum atomic E-state index is -3.35. The van der Waals surface area contributed by atoms with Crippen molar-refractivity contribution >= 4 is 21.6 Å². The lowest BCUT2D eigenvalue weighted by molar-refractivity contribution is -0.0581. The Morgan fingerprint density at radius 1 is 1.21 bits per heavy atom. The van der Waals surface area contributed by atoms with E-state index in [1.807, 2.05) is 0 Å². The molecule has 1 aromatic carbocycles. The zero-order chi connectivity index (χ0) is 16.7. The molecule has 0 spiro atoms. The van der Waals surface area contributed by atoms with Gasteiger partial charge in [0.25, 0.3) is 0 Å². The molecule has 7 heteroatoms. The first-order valence-corrected chi connectivity index (χ1v) is 10.6. The molecule has 0 radical (unpaired) electrons. The lowest BCUT2D eigenvalue weighted by atomic mass is 10.1. The van der Waals surface area contributed by atoms with Gasteiger partial charge in [-0.05, 0) is 42.9 Å². The maximum absolute atomic E-state index is 12.4. The first-order valence-electron chi connectivity index (χ1n) is 8.58. The second-order valence-electron chi connectivity index (χ2n) is 7.25. The molecule has 0 amide bonds. The molecule has 2 heterocycles. The van der Waals surface area contributed by atoms with E-state index in [4.69, 9.17) is 16.3 Å². The lowest BCUT2D eigenvalue weighted by Crippen LogP contribution is -2.47. The molecule has 1 N–H and O–H groups in total. The van der Waals surface area contributed by atoms with Gasteiger partial charge in [0.1, 0.15) is 0 Å². The van der Waals surface area contributed by atoms with Crippen molar-refractivity contribution in [1.82, 2.24) is 9.62 Å². The molecule has 2 saturated heterocycles. The van der Waals surface area contributed by atoms with Crippen LogP contribution in [-0.2, 0) is 20.5 Å². The number of hydrogen-bond donors (Lipinski definition) is 1. The molecule has 24 heavy (non-hydrogen) atoms. The highest BCUT2D eigenvalue weighted by molar-refractivity contribution is 7.88. The summed E-state index contributed by atoms with van der Waals surface area (Å²) < 4.78 is 33.7. The van der Waals surface area contributed by atoms with Gasteiger partial charge in [-0.15, -0.1) is 0 Å². The molecular formula is C17H23ClN2O3S. The van der Waals surface area contributed by atoms with Gasteiger partial charge in [0.15, 0.2) is 0 Å². The van der Waals surface area contributed by atoms with E-state index in [0.29, 0.717) is 17.2 Å². The summed E-state index contributed by atoms with van der Waals surface area (Å²) in [4.78, 5) is 2.40. The summed E-state index contributed by atoms with van der Waals surface area (Å²) in [7, 11) is -3.35. The van der Waals surface area contributed by atoms with E-state index in [1.54, 1.807) is 24.3 Å². The molecular weight excluding hydrogens is 348 g/mol. The number of ether oxygens (including phenoxy) is 1. The summed E-state index contributed by atoms with van der Waals surface area (Å²) in [6, 6.07) is 7.29. The fourth-order valence-electron chi connectivity index (χ4n) is 3.83. The molecule has 0 unspecified atom stereocenters. The van der Waals surface area contributed by atoms with Gasteiger partial charge < -0.3 is 4.74 Å². The van der Waals surface area contributed by atoms with Crippen LogP contribution in [0, 0.1) is 5.92 Å². The number of nitrogens with one attached hydrogen (secondary N) is 1. The number of hydrogen-bond acceptors (Lipinski definition) is 4. The number of benzene rings is 1. The molecule has 0 bridgehead atoms. The molecule has 4 rings (SSSR count). The normalized spacial score (nSPS) is 31.1. The van der Waals surface area contributed by atoms with Crippen molar-refractivity contribution in [3.05, 3.63) is 34.9 Å². The summed E-state index contributed by atoms with van der Waals surface area (Å²) >= 11 is 5.85. The van der Waals surface area contributed by atoms with Crippen LogP contribution in [0.3, 0.4) is 0 Å². The predicted octanol–water partition coefficient (Wildman–Crippen LogP) is 2.01. The number of nitrogens with zero attached hydrogens (tertiary/aromatic N) is 1. The highest BCUT2D eigenvalue weighted by atomic mass is 35.5. The fourth-order valence-corrected chi connectivity index (χ4v) is 5.35. The van der Waals surface area contributed by atoms with Crippen molar-refractivity contribution in [1.29, 1.82) is 0 Å². The van der Waals surface area contributed by atoms with Gasteiger partial charge in [-0.25, -0.2) is 13.1 Å². The first-order chi connectivity index (χ1) is 11.5. The number of halogens is 1. The minimum Gasteiger partial charge on any atom is -0.375 e. The third-order valence-corrected chi connectivity index (χ3v) is 6.87. The largest absolute Gasteiger partial charge is 0.375 e. The third-order valence-electron chi connectivity index (χ3n) is 5.21. The molecule has 3 aliphatic rings. The lowest BCUT2D eigenvalue weighted by Gasteiger charge is -2.35. The Bertz CT molecular complexity index is 690. The van der Waals surface area contributed by atoms with E-state index >= 15 is 0 Å². The van der Waals surface area contributed by atoms with E-state index in [2.05, 4.69) is 9.62 Å².